The van der Waals surface area contributed by atoms with Gasteiger partial charge in [0.25, 0.3) is 0 Å². The number of furan rings is 1. The zero-order valence-electron chi connectivity index (χ0n) is 10.7. The van der Waals surface area contributed by atoms with E-state index in [9.17, 15) is 0 Å². The Hall–Kier alpha value is -0.800. The highest BCUT2D eigenvalue weighted by atomic mass is 16.5. The van der Waals surface area contributed by atoms with Crippen molar-refractivity contribution in [3.05, 3.63) is 24.2 Å². The van der Waals surface area contributed by atoms with Crippen LogP contribution < -0.4 is 5.32 Å². The molecule has 1 heterocycles. The number of nitrogens with one attached hydrogen (secondary N) is 1. The van der Waals surface area contributed by atoms with Gasteiger partial charge in [0.15, 0.2) is 0 Å². The van der Waals surface area contributed by atoms with Gasteiger partial charge in [0, 0.05) is 12.6 Å². The summed E-state index contributed by atoms with van der Waals surface area (Å²) in [5.74, 6) is 1.51. The Bertz CT molecular complexity index is 267. The van der Waals surface area contributed by atoms with Crippen molar-refractivity contribution in [2.75, 3.05) is 13.2 Å². The van der Waals surface area contributed by atoms with E-state index in [0.29, 0.717) is 18.6 Å². The van der Waals surface area contributed by atoms with Gasteiger partial charge in [0.2, 0.25) is 0 Å². The van der Waals surface area contributed by atoms with Crippen LogP contribution in [0.3, 0.4) is 0 Å². The summed E-state index contributed by atoms with van der Waals surface area (Å²) < 4.78 is 11.1. The van der Waals surface area contributed by atoms with E-state index in [1.54, 1.807) is 6.26 Å². The van der Waals surface area contributed by atoms with E-state index in [-0.39, 0.29) is 6.04 Å². The molecule has 0 fully saturated rings. The van der Waals surface area contributed by atoms with Gasteiger partial charge >= 0.3 is 0 Å². The second-order valence-electron chi connectivity index (χ2n) is 4.82. The molecule has 3 nitrogen and oxygen atoms in total. The number of hydrogen-bond acceptors (Lipinski definition) is 3. The summed E-state index contributed by atoms with van der Waals surface area (Å²) >= 11 is 0. The van der Waals surface area contributed by atoms with E-state index in [0.717, 1.165) is 12.4 Å². The zero-order chi connectivity index (χ0) is 12.0. The lowest BCUT2D eigenvalue weighted by Gasteiger charge is -2.20. The van der Waals surface area contributed by atoms with Gasteiger partial charge in [-0.1, -0.05) is 27.7 Å². The fourth-order valence-corrected chi connectivity index (χ4v) is 1.53. The molecule has 1 aromatic heterocycles. The molecule has 16 heavy (non-hydrogen) atoms. The van der Waals surface area contributed by atoms with E-state index in [4.69, 9.17) is 9.15 Å². The smallest absolute Gasteiger partial charge is 0.123 e. The molecule has 0 saturated carbocycles. The lowest BCUT2D eigenvalue weighted by Crippen LogP contribution is -2.31. The van der Waals surface area contributed by atoms with Gasteiger partial charge in [-0.15, -0.1) is 0 Å². The first kappa shape index (κ1) is 13.3. The second kappa shape index (κ2) is 6.71. The monoisotopic (exact) mass is 225 g/mol. The molecule has 92 valence electrons. The first-order valence-electron chi connectivity index (χ1n) is 5.96. The summed E-state index contributed by atoms with van der Waals surface area (Å²) in [6.07, 6.45) is 1.70. The SMILES string of the molecule is CC(C)COCC(NC(C)C)c1ccco1. The van der Waals surface area contributed by atoms with E-state index in [2.05, 4.69) is 33.0 Å². The molecule has 1 N–H and O–H groups in total. The third kappa shape index (κ3) is 4.81. The molecule has 0 spiro atoms. The molecule has 1 rings (SSSR count). The fraction of sp³-hybridized carbons (Fsp3) is 0.692. The van der Waals surface area contributed by atoms with Gasteiger partial charge in [-0.3, -0.25) is 0 Å². The van der Waals surface area contributed by atoms with Crippen LogP contribution in [0.25, 0.3) is 0 Å². The van der Waals surface area contributed by atoms with Gasteiger partial charge in [-0.25, -0.2) is 0 Å². The number of ether oxygens (including phenoxy) is 1. The molecule has 0 amide bonds. The quantitative estimate of drug-likeness (QED) is 0.774. The number of hydrogen-bond donors (Lipinski definition) is 1. The zero-order valence-corrected chi connectivity index (χ0v) is 10.7. The minimum absolute atomic E-state index is 0.147. The molecule has 1 unspecified atom stereocenters. The normalized spacial score (nSPS) is 13.6. The summed E-state index contributed by atoms with van der Waals surface area (Å²) in [5.41, 5.74) is 0. The van der Waals surface area contributed by atoms with Gasteiger partial charge in [0.05, 0.1) is 18.9 Å². The molecule has 3 heteroatoms. The van der Waals surface area contributed by atoms with Crippen LogP contribution in [0.5, 0.6) is 0 Å². The van der Waals surface area contributed by atoms with Gasteiger partial charge in [-0.2, -0.15) is 0 Å². The summed E-state index contributed by atoms with van der Waals surface area (Å²) in [7, 11) is 0. The van der Waals surface area contributed by atoms with Gasteiger partial charge in [-0.05, 0) is 18.1 Å². The van der Waals surface area contributed by atoms with Crippen molar-refractivity contribution in [1.29, 1.82) is 0 Å². The van der Waals surface area contributed by atoms with Crippen LogP contribution in [0.15, 0.2) is 22.8 Å². The van der Waals surface area contributed by atoms with Crippen molar-refractivity contribution in [2.45, 2.75) is 39.8 Å². The first-order valence-corrected chi connectivity index (χ1v) is 5.96. The molecule has 1 atom stereocenters. The lowest BCUT2D eigenvalue weighted by atomic mass is 10.2. The maximum atomic E-state index is 5.66. The largest absolute Gasteiger partial charge is 0.468 e. The Labute approximate surface area is 98.2 Å². The summed E-state index contributed by atoms with van der Waals surface area (Å²) in [5, 5.41) is 3.44. The van der Waals surface area contributed by atoms with Crippen molar-refractivity contribution >= 4 is 0 Å². The lowest BCUT2D eigenvalue weighted by molar-refractivity contribution is 0.0827. The molecule has 1 aromatic rings. The van der Waals surface area contributed by atoms with E-state index >= 15 is 0 Å². The topological polar surface area (TPSA) is 34.4 Å². The van der Waals surface area contributed by atoms with Crippen LogP contribution >= 0.6 is 0 Å². The highest BCUT2D eigenvalue weighted by molar-refractivity contribution is 5.04. The Balaban J connectivity index is 2.45. The minimum atomic E-state index is 0.147. The van der Waals surface area contributed by atoms with Crippen molar-refractivity contribution < 1.29 is 9.15 Å². The van der Waals surface area contributed by atoms with Crippen LogP contribution in [0.2, 0.25) is 0 Å². The Morgan fingerprint density at radius 1 is 1.25 bits per heavy atom. The fourth-order valence-electron chi connectivity index (χ4n) is 1.53. The Morgan fingerprint density at radius 3 is 2.50 bits per heavy atom. The maximum absolute atomic E-state index is 5.66. The van der Waals surface area contributed by atoms with Crippen molar-refractivity contribution in [3.63, 3.8) is 0 Å². The first-order chi connectivity index (χ1) is 7.59. The Morgan fingerprint density at radius 2 is 2.00 bits per heavy atom. The third-order valence-electron chi connectivity index (χ3n) is 2.16. The van der Waals surface area contributed by atoms with Crippen molar-refractivity contribution in [1.82, 2.24) is 5.32 Å². The predicted molar refractivity (Wildman–Crippen MR) is 65.4 cm³/mol. The highest BCUT2D eigenvalue weighted by Gasteiger charge is 2.15. The summed E-state index contributed by atoms with van der Waals surface area (Å²) in [4.78, 5) is 0. The average molecular weight is 225 g/mol. The minimum Gasteiger partial charge on any atom is -0.468 e. The average Bonchev–Trinajstić information content (AvgIpc) is 2.67. The highest BCUT2D eigenvalue weighted by Crippen LogP contribution is 2.15. The second-order valence-corrected chi connectivity index (χ2v) is 4.82. The number of rotatable bonds is 7. The maximum Gasteiger partial charge on any atom is 0.123 e. The third-order valence-corrected chi connectivity index (χ3v) is 2.16. The molecule has 0 aromatic carbocycles. The van der Waals surface area contributed by atoms with Crippen LogP contribution in [-0.4, -0.2) is 19.3 Å². The molecule has 0 aliphatic carbocycles. The summed E-state index contributed by atoms with van der Waals surface area (Å²) in [6, 6.07) is 4.46. The molecular formula is C13H23NO2. The summed E-state index contributed by atoms with van der Waals surface area (Å²) in [6.45, 7) is 9.99. The predicted octanol–water partition coefficient (Wildman–Crippen LogP) is 2.99. The van der Waals surface area contributed by atoms with Gasteiger partial charge < -0.3 is 14.5 Å². The Kier molecular flexibility index (Phi) is 5.56. The van der Waals surface area contributed by atoms with E-state index < -0.39 is 0 Å². The van der Waals surface area contributed by atoms with Crippen LogP contribution in [0.1, 0.15) is 39.5 Å². The van der Waals surface area contributed by atoms with Crippen molar-refractivity contribution in [3.8, 4) is 0 Å². The standard InChI is InChI=1S/C13H23NO2/c1-10(2)8-15-9-12(14-11(3)4)13-6-5-7-16-13/h5-7,10-12,14H,8-9H2,1-4H3. The molecule has 0 aliphatic rings. The molecule has 0 bridgehead atoms. The van der Waals surface area contributed by atoms with E-state index in [1.807, 2.05) is 12.1 Å². The van der Waals surface area contributed by atoms with Crippen molar-refractivity contribution in [2.24, 2.45) is 5.92 Å². The molecule has 0 radical (unpaired) electrons. The van der Waals surface area contributed by atoms with E-state index in [1.165, 1.54) is 0 Å². The van der Waals surface area contributed by atoms with Gasteiger partial charge in [0.1, 0.15) is 5.76 Å². The van der Waals surface area contributed by atoms with Crippen LogP contribution in [-0.2, 0) is 4.74 Å². The molecular weight excluding hydrogens is 202 g/mol. The van der Waals surface area contributed by atoms with Crippen LogP contribution in [0, 0.1) is 5.92 Å². The molecule has 0 aliphatic heterocycles. The molecule has 0 saturated heterocycles. The van der Waals surface area contributed by atoms with Crippen LogP contribution in [0.4, 0.5) is 0 Å².